The molecule has 1 aliphatic heterocycles. The predicted octanol–water partition coefficient (Wildman–Crippen LogP) is 2.55. The molecule has 1 atom stereocenters. The van der Waals surface area contributed by atoms with E-state index in [-0.39, 0.29) is 5.41 Å². The highest BCUT2D eigenvalue weighted by Gasteiger charge is 2.32. The molecule has 1 aliphatic rings. The lowest BCUT2D eigenvalue weighted by Crippen LogP contribution is -2.46. The zero-order valence-corrected chi connectivity index (χ0v) is 13.7. The summed E-state index contributed by atoms with van der Waals surface area (Å²) in [6.07, 6.45) is 0. The van der Waals surface area contributed by atoms with Crippen molar-refractivity contribution in [1.82, 2.24) is 4.90 Å². The summed E-state index contributed by atoms with van der Waals surface area (Å²) in [5.74, 6) is 0. The maximum Gasteiger partial charge on any atom is 0.0539 e. The fourth-order valence-corrected chi connectivity index (χ4v) is 3.57. The van der Waals surface area contributed by atoms with E-state index in [4.69, 9.17) is 5.73 Å². The summed E-state index contributed by atoms with van der Waals surface area (Å²) in [7, 11) is 2.19. The summed E-state index contributed by atoms with van der Waals surface area (Å²) in [4.78, 5) is 4.86. The van der Waals surface area contributed by atoms with Crippen LogP contribution in [0.2, 0.25) is 0 Å². The Morgan fingerprint density at radius 1 is 1.32 bits per heavy atom. The molecular formula is C15H24BrN3. The standard InChI is InChI=1S/C15H24BrN3/c1-15(2)10-18(3)9-12(8-17)19(11-15)14-7-5-4-6-13(14)16/h4-7,12H,8-11,17H2,1-3H3. The first kappa shape index (κ1) is 14.8. The van der Waals surface area contributed by atoms with Crippen LogP contribution in [0.25, 0.3) is 0 Å². The normalized spacial score (nSPS) is 24.3. The molecule has 0 amide bonds. The van der Waals surface area contributed by atoms with Gasteiger partial charge in [0.15, 0.2) is 0 Å². The molecular weight excluding hydrogens is 302 g/mol. The molecule has 3 nitrogen and oxygen atoms in total. The van der Waals surface area contributed by atoms with E-state index in [0.29, 0.717) is 12.6 Å². The Morgan fingerprint density at radius 2 is 2.00 bits per heavy atom. The second-order valence-electron chi connectivity index (χ2n) is 6.33. The van der Waals surface area contributed by atoms with E-state index in [1.807, 2.05) is 0 Å². The van der Waals surface area contributed by atoms with Gasteiger partial charge in [0.2, 0.25) is 0 Å². The van der Waals surface area contributed by atoms with Crippen molar-refractivity contribution in [3.63, 3.8) is 0 Å². The van der Waals surface area contributed by atoms with Crippen LogP contribution in [0.4, 0.5) is 5.69 Å². The van der Waals surface area contributed by atoms with Gasteiger partial charge in [0, 0.05) is 30.7 Å². The van der Waals surface area contributed by atoms with Gasteiger partial charge in [-0.1, -0.05) is 26.0 Å². The Labute approximate surface area is 124 Å². The molecule has 0 bridgehead atoms. The minimum absolute atomic E-state index is 0.258. The van der Waals surface area contributed by atoms with Gasteiger partial charge in [-0.3, -0.25) is 0 Å². The van der Waals surface area contributed by atoms with Crippen LogP contribution in [-0.2, 0) is 0 Å². The summed E-state index contributed by atoms with van der Waals surface area (Å²) < 4.78 is 1.15. The highest BCUT2D eigenvalue weighted by atomic mass is 79.9. The lowest BCUT2D eigenvalue weighted by Gasteiger charge is -2.36. The third kappa shape index (κ3) is 3.50. The van der Waals surface area contributed by atoms with Crippen molar-refractivity contribution >= 4 is 21.6 Å². The summed E-state index contributed by atoms with van der Waals surface area (Å²) in [6, 6.07) is 8.79. The van der Waals surface area contributed by atoms with Gasteiger partial charge in [-0.15, -0.1) is 0 Å². The first-order valence-corrected chi connectivity index (χ1v) is 7.62. The average molecular weight is 326 g/mol. The van der Waals surface area contributed by atoms with Gasteiger partial charge in [-0.25, -0.2) is 0 Å². The molecule has 1 saturated heterocycles. The molecule has 0 saturated carbocycles. The zero-order valence-electron chi connectivity index (χ0n) is 12.1. The number of para-hydroxylation sites is 1. The maximum atomic E-state index is 6.02. The van der Waals surface area contributed by atoms with Crippen LogP contribution in [0.3, 0.4) is 0 Å². The van der Waals surface area contributed by atoms with E-state index in [0.717, 1.165) is 24.1 Å². The number of hydrogen-bond acceptors (Lipinski definition) is 3. The fraction of sp³-hybridized carbons (Fsp3) is 0.600. The molecule has 0 aromatic heterocycles. The summed E-state index contributed by atoms with van der Waals surface area (Å²) in [5.41, 5.74) is 7.53. The third-order valence-electron chi connectivity index (χ3n) is 3.69. The molecule has 1 aromatic carbocycles. The number of hydrogen-bond donors (Lipinski definition) is 1. The monoisotopic (exact) mass is 325 g/mol. The molecule has 0 radical (unpaired) electrons. The number of nitrogens with two attached hydrogens (primary N) is 1. The molecule has 0 spiro atoms. The van der Waals surface area contributed by atoms with Gasteiger partial charge in [0.05, 0.1) is 11.7 Å². The van der Waals surface area contributed by atoms with E-state index in [1.165, 1.54) is 5.69 Å². The first-order chi connectivity index (χ1) is 8.93. The Bertz CT molecular complexity index is 433. The molecule has 1 fully saturated rings. The van der Waals surface area contributed by atoms with E-state index in [9.17, 15) is 0 Å². The number of nitrogens with zero attached hydrogens (tertiary/aromatic N) is 2. The molecule has 1 unspecified atom stereocenters. The zero-order chi connectivity index (χ0) is 14.0. The number of anilines is 1. The van der Waals surface area contributed by atoms with Crippen LogP contribution in [0, 0.1) is 5.41 Å². The summed E-state index contributed by atoms with van der Waals surface area (Å²) in [5, 5.41) is 0. The van der Waals surface area contributed by atoms with Crippen molar-refractivity contribution in [1.29, 1.82) is 0 Å². The minimum atomic E-state index is 0.258. The molecule has 2 N–H and O–H groups in total. The predicted molar refractivity (Wildman–Crippen MR) is 85.6 cm³/mol. The molecule has 2 rings (SSSR count). The lowest BCUT2D eigenvalue weighted by atomic mass is 9.92. The number of halogens is 1. The smallest absolute Gasteiger partial charge is 0.0539 e. The van der Waals surface area contributed by atoms with Gasteiger partial charge in [-0.2, -0.15) is 0 Å². The van der Waals surface area contributed by atoms with Crippen molar-refractivity contribution in [3.8, 4) is 0 Å². The summed E-state index contributed by atoms with van der Waals surface area (Å²) in [6.45, 7) is 8.48. The van der Waals surface area contributed by atoms with E-state index >= 15 is 0 Å². The molecule has 1 heterocycles. The Morgan fingerprint density at radius 3 is 2.63 bits per heavy atom. The van der Waals surface area contributed by atoms with E-state index in [1.54, 1.807) is 0 Å². The number of likely N-dealkylation sites (N-methyl/N-ethyl adjacent to an activating group) is 1. The number of benzene rings is 1. The Balaban J connectivity index is 2.36. The molecule has 106 valence electrons. The van der Waals surface area contributed by atoms with Crippen LogP contribution < -0.4 is 10.6 Å². The van der Waals surface area contributed by atoms with Crippen LogP contribution >= 0.6 is 15.9 Å². The van der Waals surface area contributed by atoms with Gasteiger partial charge in [0.1, 0.15) is 0 Å². The van der Waals surface area contributed by atoms with Gasteiger partial charge >= 0.3 is 0 Å². The van der Waals surface area contributed by atoms with Gasteiger partial charge in [0.25, 0.3) is 0 Å². The maximum absolute atomic E-state index is 6.02. The second-order valence-corrected chi connectivity index (χ2v) is 7.18. The highest BCUT2D eigenvalue weighted by Crippen LogP contribution is 2.32. The topological polar surface area (TPSA) is 32.5 Å². The highest BCUT2D eigenvalue weighted by molar-refractivity contribution is 9.10. The van der Waals surface area contributed by atoms with Crippen molar-refractivity contribution in [2.75, 3.05) is 38.1 Å². The Kier molecular flexibility index (Phi) is 4.54. The molecule has 4 heteroatoms. The SMILES string of the molecule is CN1CC(CN)N(c2ccccc2Br)CC(C)(C)C1. The number of rotatable bonds is 2. The van der Waals surface area contributed by atoms with Crippen LogP contribution in [0.5, 0.6) is 0 Å². The van der Waals surface area contributed by atoms with Crippen molar-refractivity contribution in [3.05, 3.63) is 28.7 Å². The average Bonchev–Trinajstić information content (AvgIpc) is 2.44. The fourth-order valence-electron chi connectivity index (χ4n) is 3.06. The molecule has 19 heavy (non-hydrogen) atoms. The third-order valence-corrected chi connectivity index (χ3v) is 4.36. The first-order valence-electron chi connectivity index (χ1n) is 6.83. The van der Waals surface area contributed by atoms with Crippen LogP contribution in [0.15, 0.2) is 28.7 Å². The van der Waals surface area contributed by atoms with Crippen molar-refractivity contribution < 1.29 is 0 Å². The van der Waals surface area contributed by atoms with Gasteiger partial charge in [-0.05, 0) is 40.5 Å². The minimum Gasteiger partial charge on any atom is -0.364 e. The van der Waals surface area contributed by atoms with E-state index < -0.39 is 0 Å². The molecule has 1 aromatic rings. The van der Waals surface area contributed by atoms with Gasteiger partial charge < -0.3 is 15.5 Å². The second kappa shape index (κ2) is 5.81. The lowest BCUT2D eigenvalue weighted by molar-refractivity contribution is 0.239. The van der Waals surface area contributed by atoms with Crippen LogP contribution in [-0.4, -0.2) is 44.2 Å². The Hall–Kier alpha value is -0.580. The van der Waals surface area contributed by atoms with E-state index in [2.05, 4.69) is 70.9 Å². The van der Waals surface area contributed by atoms with Crippen molar-refractivity contribution in [2.45, 2.75) is 19.9 Å². The van der Waals surface area contributed by atoms with Crippen molar-refractivity contribution in [2.24, 2.45) is 11.1 Å². The van der Waals surface area contributed by atoms with Crippen LogP contribution in [0.1, 0.15) is 13.8 Å². The quantitative estimate of drug-likeness (QED) is 0.907. The summed E-state index contributed by atoms with van der Waals surface area (Å²) >= 11 is 3.67. The largest absolute Gasteiger partial charge is 0.364 e. The molecule has 0 aliphatic carbocycles.